The molecule has 1 amide bonds. The van der Waals surface area contributed by atoms with Crippen molar-refractivity contribution in [1.29, 1.82) is 0 Å². The van der Waals surface area contributed by atoms with Gasteiger partial charge in [0.15, 0.2) is 12.4 Å². The highest BCUT2D eigenvalue weighted by atomic mass is 16.5. The van der Waals surface area contributed by atoms with E-state index in [-0.39, 0.29) is 24.1 Å². The fourth-order valence-electron chi connectivity index (χ4n) is 2.87. The van der Waals surface area contributed by atoms with Crippen LogP contribution in [-0.2, 0) is 11.8 Å². The van der Waals surface area contributed by atoms with Gasteiger partial charge < -0.3 is 19.5 Å². The Morgan fingerprint density at radius 2 is 2.00 bits per heavy atom. The molecule has 1 N–H and O–H groups in total. The molecule has 1 aliphatic heterocycles. The third-order valence-corrected chi connectivity index (χ3v) is 4.27. The molecule has 1 aromatic carbocycles. The number of ether oxygens (including phenoxy) is 1. The maximum absolute atomic E-state index is 12.1. The van der Waals surface area contributed by atoms with Crippen molar-refractivity contribution in [3.63, 3.8) is 0 Å². The van der Waals surface area contributed by atoms with Crippen molar-refractivity contribution in [2.24, 2.45) is 7.05 Å². The number of aryl methyl sites for hydroxylation is 1. The lowest BCUT2D eigenvalue weighted by atomic mass is 10.1. The van der Waals surface area contributed by atoms with Gasteiger partial charge in [0.2, 0.25) is 0 Å². The Kier molecular flexibility index (Phi) is 5.33. The topological polar surface area (TPSA) is 76.5 Å². The summed E-state index contributed by atoms with van der Waals surface area (Å²) >= 11 is 0. The van der Waals surface area contributed by atoms with Gasteiger partial charge in [-0.25, -0.2) is 4.98 Å². The minimum atomic E-state index is -0.129. The van der Waals surface area contributed by atoms with Crippen LogP contribution in [0.4, 0.5) is 5.82 Å². The summed E-state index contributed by atoms with van der Waals surface area (Å²) < 4.78 is 6.98. The van der Waals surface area contributed by atoms with E-state index in [1.165, 1.54) is 4.57 Å². The zero-order chi connectivity index (χ0) is 17.6. The van der Waals surface area contributed by atoms with E-state index in [2.05, 4.69) is 10.3 Å². The number of carbonyl (C=O) groups excluding carboxylic acids is 1. The molecular weight excluding hydrogens is 320 g/mol. The van der Waals surface area contributed by atoms with Crippen molar-refractivity contribution in [2.75, 3.05) is 24.6 Å². The Labute approximate surface area is 146 Å². The lowest BCUT2D eigenvalue weighted by Crippen LogP contribution is -2.47. The number of amides is 1. The van der Waals surface area contributed by atoms with E-state index in [1.54, 1.807) is 19.4 Å². The maximum Gasteiger partial charge on any atom is 0.293 e. The molecule has 1 aromatic heterocycles. The summed E-state index contributed by atoms with van der Waals surface area (Å²) in [5.74, 6) is 1.02. The number of nitrogens with one attached hydrogen (secondary N) is 1. The number of aromatic nitrogens is 2. The van der Waals surface area contributed by atoms with E-state index in [4.69, 9.17) is 4.74 Å². The van der Waals surface area contributed by atoms with Gasteiger partial charge >= 0.3 is 0 Å². The minimum Gasteiger partial charge on any atom is -0.484 e. The summed E-state index contributed by atoms with van der Waals surface area (Å²) in [6.45, 7) is 1.39. The van der Waals surface area contributed by atoms with Crippen LogP contribution >= 0.6 is 0 Å². The van der Waals surface area contributed by atoms with Gasteiger partial charge in [-0.15, -0.1) is 0 Å². The number of anilines is 1. The number of carbonyl (C=O) groups is 1. The first-order chi connectivity index (χ1) is 12.1. The molecule has 25 heavy (non-hydrogen) atoms. The summed E-state index contributed by atoms with van der Waals surface area (Å²) in [4.78, 5) is 30.3. The summed E-state index contributed by atoms with van der Waals surface area (Å²) in [5.41, 5.74) is -0.0961. The number of piperidine rings is 1. The molecule has 0 atom stereocenters. The van der Waals surface area contributed by atoms with Crippen LogP contribution in [0.3, 0.4) is 0 Å². The zero-order valence-corrected chi connectivity index (χ0v) is 14.2. The smallest absolute Gasteiger partial charge is 0.293 e. The molecule has 0 unspecified atom stereocenters. The predicted molar refractivity (Wildman–Crippen MR) is 94.8 cm³/mol. The molecule has 0 bridgehead atoms. The average molecular weight is 342 g/mol. The van der Waals surface area contributed by atoms with Crippen LogP contribution < -0.4 is 20.5 Å². The second kappa shape index (κ2) is 7.83. The average Bonchev–Trinajstić information content (AvgIpc) is 2.64. The van der Waals surface area contributed by atoms with Gasteiger partial charge in [0.05, 0.1) is 0 Å². The molecule has 0 radical (unpaired) electrons. The van der Waals surface area contributed by atoms with Crippen LogP contribution in [-0.4, -0.2) is 41.2 Å². The summed E-state index contributed by atoms with van der Waals surface area (Å²) in [7, 11) is 1.72. The molecule has 2 aromatic rings. The number of hydrogen-bond acceptors (Lipinski definition) is 5. The molecule has 0 spiro atoms. The Balaban J connectivity index is 1.47. The first-order valence-corrected chi connectivity index (χ1v) is 8.37. The molecular formula is C18H22N4O3. The summed E-state index contributed by atoms with van der Waals surface area (Å²) in [6, 6.07) is 9.36. The van der Waals surface area contributed by atoms with E-state index in [0.717, 1.165) is 12.8 Å². The van der Waals surface area contributed by atoms with Gasteiger partial charge in [-0.3, -0.25) is 9.59 Å². The van der Waals surface area contributed by atoms with Crippen LogP contribution in [0.25, 0.3) is 0 Å². The molecule has 1 fully saturated rings. The number of nitrogens with zero attached hydrogens (tertiary/aromatic N) is 3. The number of para-hydroxylation sites is 1. The van der Waals surface area contributed by atoms with Gasteiger partial charge in [0.25, 0.3) is 11.5 Å². The van der Waals surface area contributed by atoms with Gasteiger partial charge in [-0.05, 0) is 25.0 Å². The maximum atomic E-state index is 12.1. The van der Waals surface area contributed by atoms with Crippen molar-refractivity contribution in [1.82, 2.24) is 14.9 Å². The molecule has 7 heteroatoms. The highest BCUT2D eigenvalue weighted by molar-refractivity contribution is 5.77. The fraction of sp³-hybridized carbons (Fsp3) is 0.389. The van der Waals surface area contributed by atoms with Crippen LogP contribution in [0.5, 0.6) is 5.75 Å². The molecule has 1 aliphatic rings. The monoisotopic (exact) mass is 342 g/mol. The predicted octanol–water partition coefficient (Wildman–Crippen LogP) is 0.944. The second-order valence-electron chi connectivity index (χ2n) is 6.10. The molecule has 132 valence electrons. The van der Waals surface area contributed by atoms with Crippen LogP contribution in [0, 0.1) is 0 Å². The highest BCUT2D eigenvalue weighted by Gasteiger charge is 2.23. The standard InChI is InChI=1S/C18H22N4O3/c1-21-12-9-19-17(18(21)24)22-10-7-14(8-11-22)20-16(23)13-25-15-5-3-2-4-6-15/h2-6,9,12,14H,7-8,10-11,13H2,1H3,(H,20,23). The largest absolute Gasteiger partial charge is 0.484 e. The van der Waals surface area contributed by atoms with E-state index in [1.807, 2.05) is 35.2 Å². The third kappa shape index (κ3) is 4.37. The highest BCUT2D eigenvalue weighted by Crippen LogP contribution is 2.14. The Bertz CT molecular complexity index is 767. The van der Waals surface area contributed by atoms with E-state index < -0.39 is 0 Å². The number of benzene rings is 1. The van der Waals surface area contributed by atoms with Gasteiger partial charge in [0, 0.05) is 38.6 Å². The van der Waals surface area contributed by atoms with Crippen molar-refractivity contribution < 1.29 is 9.53 Å². The van der Waals surface area contributed by atoms with Crippen LogP contribution in [0.15, 0.2) is 47.5 Å². The van der Waals surface area contributed by atoms with E-state index >= 15 is 0 Å². The third-order valence-electron chi connectivity index (χ3n) is 4.27. The van der Waals surface area contributed by atoms with Crippen molar-refractivity contribution in [3.05, 3.63) is 53.1 Å². The molecule has 3 rings (SSSR count). The van der Waals surface area contributed by atoms with Crippen LogP contribution in [0.2, 0.25) is 0 Å². The lowest BCUT2D eigenvalue weighted by molar-refractivity contribution is -0.123. The Hall–Kier alpha value is -2.83. The Morgan fingerprint density at radius 1 is 1.28 bits per heavy atom. The molecule has 0 saturated carbocycles. The zero-order valence-electron chi connectivity index (χ0n) is 14.2. The van der Waals surface area contributed by atoms with Gasteiger partial charge in [0.1, 0.15) is 5.75 Å². The Morgan fingerprint density at radius 3 is 2.72 bits per heavy atom. The van der Waals surface area contributed by atoms with Crippen LogP contribution in [0.1, 0.15) is 12.8 Å². The SMILES string of the molecule is Cn1ccnc(N2CCC(NC(=O)COc3ccccc3)CC2)c1=O. The molecule has 1 saturated heterocycles. The fourth-order valence-corrected chi connectivity index (χ4v) is 2.87. The van der Waals surface area contributed by atoms with E-state index in [9.17, 15) is 9.59 Å². The number of rotatable bonds is 5. The van der Waals surface area contributed by atoms with Crippen molar-refractivity contribution in [2.45, 2.75) is 18.9 Å². The quantitative estimate of drug-likeness (QED) is 0.875. The first kappa shape index (κ1) is 17.0. The summed E-state index contributed by atoms with van der Waals surface area (Å²) in [6.07, 6.45) is 4.82. The normalized spacial score (nSPS) is 15.0. The second-order valence-corrected chi connectivity index (χ2v) is 6.10. The first-order valence-electron chi connectivity index (χ1n) is 8.37. The minimum absolute atomic E-state index is 0.00497. The van der Waals surface area contributed by atoms with Crippen molar-refractivity contribution >= 4 is 11.7 Å². The molecule has 2 heterocycles. The van der Waals surface area contributed by atoms with Gasteiger partial charge in [-0.1, -0.05) is 18.2 Å². The lowest BCUT2D eigenvalue weighted by Gasteiger charge is -2.32. The summed E-state index contributed by atoms with van der Waals surface area (Å²) in [5, 5.41) is 2.99. The van der Waals surface area contributed by atoms with Crippen molar-refractivity contribution in [3.8, 4) is 5.75 Å². The number of hydrogen-bond donors (Lipinski definition) is 1. The molecule has 7 nitrogen and oxygen atoms in total. The van der Waals surface area contributed by atoms with E-state index in [0.29, 0.717) is 24.7 Å². The van der Waals surface area contributed by atoms with Gasteiger partial charge in [-0.2, -0.15) is 0 Å². The molecule has 0 aliphatic carbocycles.